The van der Waals surface area contributed by atoms with Crippen LogP contribution in [-0.4, -0.2) is 12.1 Å². The number of rotatable bonds is 3. The average molecular weight is 261 g/mol. The average Bonchev–Trinajstić information content (AvgIpc) is 2.53. The lowest BCUT2D eigenvalue weighted by Gasteiger charge is -2.02. The predicted molar refractivity (Wildman–Crippen MR) is 83.7 cm³/mol. The lowest BCUT2D eigenvalue weighted by Crippen LogP contribution is -1.83. The van der Waals surface area contributed by atoms with Crippen LogP contribution in [0.15, 0.2) is 60.8 Å². The van der Waals surface area contributed by atoms with Gasteiger partial charge in [0, 0.05) is 11.6 Å². The highest BCUT2D eigenvalue weighted by molar-refractivity contribution is 5.90. The smallest absolute Gasteiger partial charge is 0.119 e. The second-order valence-electron chi connectivity index (χ2n) is 4.53. The van der Waals surface area contributed by atoms with Crippen LogP contribution < -0.4 is 4.74 Å². The Morgan fingerprint density at radius 3 is 2.75 bits per heavy atom. The summed E-state index contributed by atoms with van der Waals surface area (Å²) in [5.41, 5.74) is 3.30. The minimum absolute atomic E-state index is 0.867. The quantitative estimate of drug-likeness (QED) is 0.696. The fourth-order valence-electron chi connectivity index (χ4n) is 2.19. The van der Waals surface area contributed by atoms with E-state index < -0.39 is 0 Å². The van der Waals surface area contributed by atoms with Gasteiger partial charge in [-0.2, -0.15) is 0 Å². The van der Waals surface area contributed by atoms with Crippen molar-refractivity contribution < 1.29 is 4.74 Å². The van der Waals surface area contributed by atoms with Crippen molar-refractivity contribution in [2.45, 2.75) is 0 Å². The third-order valence-electron chi connectivity index (χ3n) is 3.23. The summed E-state index contributed by atoms with van der Waals surface area (Å²) >= 11 is 0. The van der Waals surface area contributed by atoms with Crippen LogP contribution in [0.2, 0.25) is 0 Å². The SMILES string of the molecule is COc1cccc(/C=C/c2ccnc3ccccc23)c1. The predicted octanol–water partition coefficient (Wildman–Crippen LogP) is 4.41. The molecule has 20 heavy (non-hydrogen) atoms. The summed E-state index contributed by atoms with van der Waals surface area (Å²) in [5.74, 6) is 0.867. The zero-order chi connectivity index (χ0) is 13.8. The normalized spacial score (nSPS) is 11.1. The number of fused-ring (bicyclic) bond motifs is 1. The van der Waals surface area contributed by atoms with E-state index >= 15 is 0 Å². The van der Waals surface area contributed by atoms with Crippen LogP contribution >= 0.6 is 0 Å². The van der Waals surface area contributed by atoms with Crippen molar-refractivity contribution >= 4 is 23.1 Å². The number of benzene rings is 2. The first-order valence-corrected chi connectivity index (χ1v) is 6.53. The van der Waals surface area contributed by atoms with Gasteiger partial charge in [-0.15, -0.1) is 0 Å². The molecule has 0 saturated heterocycles. The van der Waals surface area contributed by atoms with Gasteiger partial charge in [-0.25, -0.2) is 0 Å². The molecule has 0 bridgehead atoms. The van der Waals surface area contributed by atoms with Gasteiger partial charge in [0.25, 0.3) is 0 Å². The van der Waals surface area contributed by atoms with Gasteiger partial charge in [-0.3, -0.25) is 4.98 Å². The summed E-state index contributed by atoms with van der Waals surface area (Å²) in [7, 11) is 1.68. The lowest BCUT2D eigenvalue weighted by atomic mass is 10.1. The highest BCUT2D eigenvalue weighted by Crippen LogP contribution is 2.20. The van der Waals surface area contributed by atoms with E-state index in [0.717, 1.165) is 22.2 Å². The number of aromatic nitrogens is 1. The van der Waals surface area contributed by atoms with Gasteiger partial charge >= 0.3 is 0 Å². The van der Waals surface area contributed by atoms with Crippen molar-refractivity contribution in [3.63, 3.8) is 0 Å². The molecule has 0 radical (unpaired) electrons. The van der Waals surface area contributed by atoms with E-state index in [1.165, 1.54) is 5.56 Å². The third-order valence-corrected chi connectivity index (χ3v) is 3.23. The molecular formula is C18H15NO. The van der Waals surface area contributed by atoms with Gasteiger partial charge in [0.05, 0.1) is 12.6 Å². The molecule has 0 unspecified atom stereocenters. The van der Waals surface area contributed by atoms with Crippen LogP contribution in [-0.2, 0) is 0 Å². The Labute approximate surface area is 118 Å². The molecule has 2 heteroatoms. The second kappa shape index (κ2) is 5.57. The highest BCUT2D eigenvalue weighted by Gasteiger charge is 1.98. The third kappa shape index (κ3) is 2.54. The number of para-hydroxylation sites is 1. The van der Waals surface area contributed by atoms with Crippen LogP contribution in [0.5, 0.6) is 5.75 Å². The molecule has 0 atom stereocenters. The number of hydrogen-bond acceptors (Lipinski definition) is 2. The Morgan fingerprint density at radius 1 is 0.950 bits per heavy atom. The minimum Gasteiger partial charge on any atom is -0.497 e. The number of hydrogen-bond donors (Lipinski definition) is 0. The Morgan fingerprint density at radius 2 is 1.85 bits per heavy atom. The van der Waals surface area contributed by atoms with E-state index in [4.69, 9.17) is 4.74 Å². The molecule has 0 amide bonds. The minimum atomic E-state index is 0.867. The standard InChI is InChI=1S/C18H15NO/c1-20-16-6-4-5-14(13-16)9-10-15-11-12-19-18-8-3-2-7-17(15)18/h2-13H,1H3/b10-9+. The number of ether oxygens (including phenoxy) is 1. The topological polar surface area (TPSA) is 22.1 Å². The first-order valence-electron chi connectivity index (χ1n) is 6.53. The molecule has 0 fully saturated rings. The molecular weight excluding hydrogens is 246 g/mol. The summed E-state index contributed by atoms with van der Waals surface area (Å²) in [6.45, 7) is 0. The number of methoxy groups -OCH3 is 1. The molecule has 0 aliphatic heterocycles. The van der Waals surface area contributed by atoms with Crippen molar-refractivity contribution in [3.8, 4) is 5.75 Å². The van der Waals surface area contributed by atoms with Crippen molar-refractivity contribution in [1.29, 1.82) is 0 Å². The number of nitrogens with zero attached hydrogens (tertiary/aromatic N) is 1. The summed E-state index contributed by atoms with van der Waals surface area (Å²) in [4.78, 5) is 4.37. The van der Waals surface area contributed by atoms with Crippen LogP contribution in [0.25, 0.3) is 23.1 Å². The fraction of sp³-hybridized carbons (Fsp3) is 0.0556. The molecule has 3 rings (SSSR count). The molecule has 0 aliphatic rings. The summed E-state index contributed by atoms with van der Waals surface area (Å²) in [5, 5.41) is 1.16. The maximum absolute atomic E-state index is 5.23. The lowest BCUT2D eigenvalue weighted by molar-refractivity contribution is 0.414. The van der Waals surface area contributed by atoms with Gasteiger partial charge in [0.1, 0.15) is 5.75 Å². The second-order valence-corrected chi connectivity index (χ2v) is 4.53. The zero-order valence-electron chi connectivity index (χ0n) is 11.3. The Bertz CT molecular complexity index is 757. The van der Waals surface area contributed by atoms with E-state index in [1.54, 1.807) is 7.11 Å². The largest absolute Gasteiger partial charge is 0.497 e. The first kappa shape index (κ1) is 12.4. The Balaban J connectivity index is 1.98. The van der Waals surface area contributed by atoms with Gasteiger partial charge < -0.3 is 4.74 Å². The van der Waals surface area contributed by atoms with Crippen molar-refractivity contribution in [2.24, 2.45) is 0 Å². The molecule has 0 saturated carbocycles. The van der Waals surface area contributed by atoms with Gasteiger partial charge in [0.2, 0.25) is 0 Å². The highest BCUT2D eigenvalue weighted by atomic mass is 16.5. The molecule has 98 valence electrons. The fourth-order valence-corrected chi connectivity index (χ4v) is 2.19. The van der Waals surface area contributed by atoms with Crippen LogP contribution in [0.4, 0.5) is 0 Å². The summed E-state index contributed by atoms with van der Waals surface area (Å²) < 4.78 is 5.23. The van der Waals surface area contributed by atoms with Crippen molar-refractivity contribution in [2.75, 3.05) is 7.11 Å². The molecule has 2 aromatic carbocycles. The first-order chi connectivity index (χ1) is 9.86. The molecule has 0 aliphatic carbocycles. The van der Waals surface area contributed by atoms with E-state index in [0.29, 0.717) is 0 Å². The maximum atomic E-state index is 5.23. The van der Waals surface area contributed by atoms with Gasteiger partial charge in [-0.05, 0) is 35.4 Å². The maximum Gasteiger partial charge on any atom is 0.119 e. The monoisotopic (exact) mass is 261 g/mol. The van der Waals surface area contributed by atoms with Gasteiger partial charge in [-0.1, -0.05) is 42.5 Å². The molecule has 3 aromatic rings. The summed E-state index contributed by atoms with van der Waals surface area (Å²) in [6.07, 6.45) is 6.04. The molecule has 2 nitrogen and oxygen atoms in total. The molecule has 1 aromatic heterocycles. The van der Waals surface area contributed by atoms with Crippen molar-refractivity contribution in [3.05, 3.63) is 71.9 Å². The van der Waals surface area contributed by atoms with Gasteiger partial charge in [0.15, 0.2) is 0 Å². The zero-order valence-corrected chi connectivity index (χ0v) is 11.3. The van der Waals surface area contributed by atoms with E-state index in [9.17, 15) is 0 Å². The molecule has 1 heterocycles. The Hall–Kier alpha value is -2.61. The number of pyridine rings is 1. The van der Waals surface area contributed by atoms with E-state index in [1.807, 2.05) is 48.7 Å². The van der Waals surface area contributed by atoms with Crippen LogP contribution in [0.3, 0.4) is 0 Å². The van der Waals surface area contributed by atoms with Crippen LogP contribution in [0.1, 0.15) is 11.1 Å². The molecule has 0 spiro atoms. The molecule has 0 N–H and O–H groups in total. The summed E-state index contributed by atoms with van der Waals surface area (Å²) in [6, 6.07) is 18.2. The van der Waals surface area contributed by atoms with E-state index in [-0.39, 0.29) is 0 Å². The Kier molecular flexibility index (Phi) is 3.46. The van der Waals surface area contributed by atoms with E-state index in [2.05, 4.69) is 29.3 Å². The van der Waals surface area contributed by atoms with Crippen LogP contribution in [0, 0.1) is 0 Å². The van der Waals surface area contributed by atoms with Crippen molar-refractivity contribution in [1.82, 2.24) is 4.98 Å².